The largest absolute Gasteiger partial charge is 0.467 e. The number of hydrogen-bond acceptors (Lipinski definition) is 3. The molecule has 21 heavy (non-hydrogen) atoms. The highest BCUT2D eigenvalue weighted by Gasteiger charge is 2.27. The van der Waals surface area contributed by atoms with Crippen molar-refractivity contribution in [1.29, 1.82) is 0 Å². The molecule has 7 heteroatoms. The summed E-state index contributed by atoms with van der Waals surface area (Å²) in [5.74, 6) is -0.347. The van der Waals surface area contributed by atoms with Gasteiger partial charge >= 0.3 is 6.18 Å². The lowest BCUT2D eigenvalue weighted by molar-refractivity contribution is -0.186. The smallest absolute Gasteiger partial charge is 0.411 e. The molecule has 1 unspecified atom stereocenters. The summed E-state index contributed by atoms with van der Waals surface area (Å²) >= 11 is 0. The number of benzene rings is 1. The fraction of sp³-hybridized carbons (Fsp3) is 0.571. The molecule has 1 aromatic rings. The molecule has 1 atom stereocenters. The van der Waals surface area contributed by atoms with Gasteiger partial charge in [-0.15, -0.1) is 0 Å². The molecule has 0 amide bonds. The molecule has 0 aliphatic heterocycles. The van der Waals surface area contributed by atoms with E-state index in [4.69, 9.17) is 4.74 Å². The lowest BCUT2D eigenvalue weighted by Gasteiger charge is -2.15. The lowest BCUT2D eigenvalue weighted by atomic mass is 10.1. The molecule has 1 aromatic carbocycles. The van der Waals surface area contributed by atoms with E-state index in [1.54, 1.807) is 6.07 Å². The van der Waals surface area contributed by atoms with E-state index < -0.39 is 25.4 Å². The standard InChI is InChI=1S/C14H19F4NO2/c1-3-6-19-10(2)12-5-4-11(7-13(12)15)21-9-20-8-14(16,17)18/h4-5,7,10,19H,3,6,8-9H2,1-2H3. The molecule has 0 saturated carbocycles. The van der Waals surface area contributed by atoms with Crippen molar-refractivity contribution in [2.75, 3.05) is 19.9 Å². The van der Waals surface area contributed by atoms with Crippen LogP contribution in [0.25, 0.3) is 0 Å². The van der Waals surface area contributed by atoms with Gasteiger partial charge in [0.2, 0.25) is 0 Å². The van der Waals surface area contributed by atoms with Gasteiger partial charge in [0.05, 0.1) is 0 Å². The van der Waals surface area contributed by atoms with Crippen molar-refractivity contribution in [2.24, 2.45) is 0 Å². The number of rotatable bonds is 8. The molecule has 0 aliphatic carbocycles. The average Bonchev–Trinajstić information content (AvgIpc) is 2.40. The minimum atomic E-state index is -4.40. The maximum atomic E-state index is 13.9. The van der Waals surface area contributed by atoms with E-state index in [0.717, 1.165) is 19.0 Å². The van der Waals surface area contributed by atoms with Crippen LogP contribution in [-0.4, -0.2) is 26.1 Å². The molecular formula is C14H19F4NO2. The summed E-state index contributed by atoms with van der Waals surface area (Å²) in [5.41, 5.74) is 0.479. The monoisotopic (exact) mass is 309 g/mol. The second kappa shape index (κ2) is 8.19. The molecule has 0 aromatic heterocycles. The summed E-state index contributed by atoms with van der Waals surface area (Å²) in [6, 6.07) is 4.03. The van der Waals surface area contributed by atoms with E-state index in [1.165, 1.54) is 6.07 Å². The molecule has 0 bridgehead atoms. The Morgan fingerprint density at radius 1 is 1.29 bits per heavy atom. The Labute approximate surface area is 121 Å². The van der Waals surface area contributed by atoms with Crippen LogP contribution in [0.5, 0.6) is 5.75 Å². The van der Waals surface area contributed by atoms with Gasteiger partial charge in [0, 0.05) is 17.7 Å². The predicted molar refractivity (Wildman–Crippen MR) is 70.6 cm³/mol. The normalized spacial score (nSPS) is 13.2. The summed E-state index contributed by atoms with van der Waals surface area (Å²) in [5, 5.41) is 3.15. The number of halogens is 4. The molecule has 0 aliphatic rings. The van der Waals surface area contributed by atoms with Crippen molar-refractivity contribution in [3.63, 3.8) is 0 Å². The molecule has 0 spiro atoms. The third-order valence-corrected chi connectivity index (χ3v) is 2.71. The van der Waals surface area contributed by atoms with E-state index in [1.807, 2.05) is 13.8 Å². The second-order valence-corrected chi connectivity index (χ2v) is 4.58. The molecule has 0 radical (unpaired) electrons. The molecule has 1 N–H and O–H groups in total. The van der Waals surface area contributed by atoms with Gasteiger partial charge in [-0.2, -0.15) is 13.2 Å². The first-order valence-corrected chi connectivity index (χ1v) is 6.63. The highest BCUT2D eigenvalue weighted by atomic mass is 19.4. The van der Waals surface area contributed by atoms with Gasteiger partial charge in [0.25, 0.3) is 0 Å². The van der Waals surface area contributed by atoms with E-state index in [0.29, 0.717) is 5.56 Å². The first-order valence-electron chi connectivity index (χ1n) is 6.63. The van der Waals surface area contributed by atoms with Gasteiger partial charge in [0.15, 0.2) is 6.79 Å². The summed E-state index contributed by atoms with van der Waals surface area (Å²) in [6.07, 6.45) is -3.47. The van der Waals surface area contributed by atoms with Crippen molar-refractivity contribution in [1.82, 2.24) is 5.32 Å². The number of nitrogens with one attached hydrogen (secondary N) is 1. The molecule has 1 rings (SSSR count). The van der Waals surface area contributed by atoms with Crippen LogP contribution in [-0.2, 0) is 4.74 Å². The van der Waals surface area contributed by atoms with Crippen LogP contribution in [0, 0.1) is 5.82 Å². The third kappa shape index (κ3) is 6.77. The van der Waals surface area contributed by atoms with Crippen LogP contribution in [0.15, 0.2) is 18.2 Å². The molecule has 0 saturated heterocycles. The zero-order valence-electron chi connectivity index (χ0n) is 12.0. The average molecular weight is 309 g/mol. The van der Waals surface area contributed by atoms with Gasteiger partial charge in [0.1, 0.15) is 18.2 Å². The van der Waals surface area contributed by atoms with Crippen LogP contribution < -0.4 is 10.1 Å². The SMILES string of the molecule is CCCNC(C)c1ccc(OCOCC(F)(F)F)cc1F. The molecule has 120 valence electrons. The van der Waals surface area contributed by atoms with Gasteiger partial charge in [-0.1, -0.05) is 13.0 Å². The highest BCUT2D eigenvalue weighted by molar-refractivity contribution is 5.30. The molecule has 0 heterocycles. The zero-order chi connectivity index (χ0) is 15.9. The van der Waals surface area contributed by atoms with Crippen LogP contribution in [0.1, 0.15) is 31.9 Å². The number of ether oxygens (including phenoxy) is 2. The van der Waals surface area contributed by atoms with E-state index in [9.17, 15) is 17.6 Å². The van der Waals surface area contributed by atoms with Gasteiger partial charge < -0.3 is 14.8 Å². The van der Waals surface area contributed by atoms with Crippen LogP contribution in [0.3, 0.4) is 0 Å². The Kier molecular flexibility index (Phi) is 6.91. The Hall–Kier alpha value is -1.34. The minimum absolute atomic E-state index is 0.126. The molecule has 3 nitrogen and oxygen atoms in total. The topological polar surface area (TPSA) is 30.5 Å². The number of alkyl halides is 3. The highest BCUT2D eigenvalue weighted by Crippen LogP contribution is 2.22. The Balaban J connectivity index is 2.50. The maximum absolute atomic E-state index is 13.9. The van der Waals surface area contributed by atoms with E-state index >= 15 is 0 Å². The summed E-state index contributed by atoms with van der Waals surface area (Å²) in [6.45, 7) is 2.63. The van der Waals surface area contributed by atoms with Gasteiger partial charge in [-0.25, -0.2) is 4.39 Å². The van der Waals surface area contributed by atoms with Crippen molar-refractivity contribution in [3.05, 3.63) is 29.6 Å². The number of hydrogen-bond donors (Lipinski definition) is 1. The second-order valence-electron chi connectivity index (χ2n) is 4.58. The lowest BCUT2D eigenvalue weighted by Crippen LogP contribution is -2.20. The van der Waals surface area contributed by atoms with Crippen LogP contribution in [0.4, 0.5) is 17.6 Å². The van der Waals surface area contributed by atoms with Crippen LogP contribution >= 0.6 is 0 Å². The van der Waals surface area contributed by atoms with Crippen molar-refractivity contribution >= 4 is 0 Å². The fourth-order valence-electron chi connectivity index (χ4n) is 1.69. The summed E-state index contributed by atoms with van der Waals surface area (Å²) in [4.78, 5) is 0. The Morgan fingerprint density at radius 3 is 2.57 bits per heavy atom. The van der Waals surface area contributed by atoms with Crippen LogP contribution in [0.2, 0.25) is 0 Å². The Morgan fingerprint density at radius 2 is 2.00 bits per heavy atom. The van der Waals surface area contributed by atoms with Gasteiger partial charge in [-0.05, 0) is 26.0 Å². The summed E-state index contributed by atoms with van der Waals surface area (Å²) in [7, 11) is 0. The van der Waals surface area contributed by atoms with E-state index in [-0.39, 0.29) is 11.8 Å². The quantitative estimate of drug-likeness (QED) is 0.450. The predicted octanol–water partition coefficient (Wildman–Crippen LogP) is 3.80. The van der Waals surface area contributed by atoms with Gasteiger partial charge in [-0.3, -0.25) is 0 Å². The summed E-state index contributed by atoms with van der Waals surface area (Å²) < 4.78 is 58.6. The molecule has 0 fully saturated rings. The van der Waals surface area contributed by atoms with Crippen molar-refractivity contribution < 1.29 is 27.0 Å². The maximum Gasteiger partial charge on any atom is 0.411 e. The van der Waals surface area contributed by atoms with E-state index in [2.05, 4.69) is 10.1 Å². The third-order valence-electron chi connectivity index (χ3n) is 2.71. The zero-order valence-corrected chi connectivity index (χ0v) is 12.0. The first-order chi connectivity index (χ1) is 9.83. The van der Waals surface area contributed by atoms with Crippen molar-refractivity contribution in [3.8, 4) is 5.75 Å². The first kappa shape index (κ1) is 17.7. The molecular weight excluding hydrogens is 290 g/mol. The minimum Gasteiger partial charge on any atom is -0.467 e. The van der Waals surface area contributed by atoms with Crippen molar-refractivity contribution in [2.45, 2.75) is 32.5 Å². The fourth-order valence-corrected chi connectivity index (χ4v) is 1.69. The Bertz CT molecular complexity index is 437.